The minimum absolute atomic E-state index is 0.0251. The van der Waals surface area contributed by atoms with Crippen LogP contribution in [0.25, 0.3) is 0 Å². The number of rotatable bonds is 4. The van der Waals surface area contributed by atoms with Gasteiger partial charge in [-0.2, -0.15) is 0 Å². The number of nitrogens with one attached hydrogen (secondary N) is 1. The SMILES string of the molecule is CCN1CCN(c2ccccc2NC(=O)[C@@H]2CCCN(C(=O)OC(C)(C)C)C2)CC1. The molecule has 0 bridgehead atoms. The number of likely N-dealkylation sites (tertiary alicyclic amines) is 1. The lowest BCUT2D eigenvalue weighted by molar-refractivity contribution is -0.121. The van der Waals surface area contributed by atoms with Crippen LogP contribution in [0.15, 0.2) is 24.3 Å². The molecule has 0 unspecified atom stereocenters. The lowest BCUT2D eigenvalue weighted by Gasteiger charge is -2.37. The Hall–Kier alpha value is -2.28. The minimum atomic E-state index is -0.535. The van der Waals surface area contributed by atoms with E-state index in [4.69, 9.17) is 4.74 Å². The standard InChI is InChI=1S/C23H36N4O3/c1-5-25-13-15-26(16-14-25)20-11-7-6-10-19(20)24-21(28)18-9-8-12-27(17-18)22(29)30-23(2,3)4/h6-7,10-11,18H,5,8-9,12-17H2,1-4H3,(H,24,28)/t18-/m1/s1. The number of likely N-dealkylation sites (N-methyl/N-ethyl adjacent to an activating group) is 1. The van der Waals surface area contributed by atoms with Gasteiger partial charge in [-0.1, -0.05) is 19.1 Å². The van der Waals surface area contributed by atoms with Crippen LogP contribution in [0.1, 0.15) is 40.5 Å². The molecule has 2 aliphatic rings. The molecular formula is C23H36N4O3. The van der Waals surface area contributed by atoms with Crippen LogP contribution >= 0.6 is 0 Å². The van der Waals surface area contributed by atoms with Gasteiger partial charge in [0.15, 0.2) is 0 Å². The molecule has 2 saturated heterocycles. The van der Waals surface area contributed by atoms with Crippen molar-refractivity contribution in [3.8, 4) is 0 Å². The predicted octanol–water partition coefficient (Wildman–Crippen LogP) is 3.41. The Bertz CT molecular complexity index is 738. The van der Waals surface area contributed by atoms with Crippen LogP contribution in [-0.2, 0) is 9.53 Å². The van der Waals surface area contributed by atoms with Crippen molar-refractivity contribution in [2.45, 2.75) is 46.1 Å². The maximum absolute atomic E-state index is 13.0. The summed E-state index contributed by atoms with van der Waals surface area (Å²) in [5.41, 5.74) is 1.38. The Labute approximate surface area is 180 Å². The second-order valence-corrected chi connectivity index (χ2v) is 9.19. The molecule has 1 aromatic carbocycles. The van der Waals surface area contributed by atoms with Crippen LogP contribution in [0.2, 0.25) is 0 Å². The van der Waals surface area contributed by atoms with E-state index < -0.39 is 5.60 Å². The number of ether oxygens (including phenoxy) is 1. The first-order valence-corrected chi connectivity index (χ1v) is 11.1. The van der Waals surface area contributed by atoms with Crippen LogP contribution in [0.5, 0.6) is 0 Å². The Kier molecular flexibility index (Phi) is 7.23. The van der Waals surface area contributed by atoms with Gasteiger partial charge in [0.25, 0.3) is 0 Å². The summed E-state index contributed by atoms with van der Waals surface area (Å²) >= 11 is 0. The van der Waals surface area contributed by atoms with Gasteiger partial charge in [-0.15, -0.1) is 0 Å². The Morgan fingerprint density at radius 1 is 1.10 bits per heavy atom. The molecule has 30 heavy (non-hydrogen) atoms. The third-order valence-electron chi connectivity index (χ3n) is 5.77. The van der Waals surface area contributed by atoms with Crippen LogP contribution in [0, 0.1) is 5.92 Å². The van der Waals surface area contributed by atoms with Crippen LogP contribution in [0.3, 0.4) is 0 Å². The number of carbonyl (C=O) groups is 2. The van der Waals surface area contributed by atoms with Crippen molar-refractivity contribution in [3.05, 3.63) is 24.3 Å². The zero-order valence-corrected chi connectivity index (χ0v) is 18.8. The summed E-state index contributed by atoms with van der Waals surface area (Å²) in [6.45, 7) is 13.8. The van der Waals surface area contributed by atoms with Gasteiger partial charge < -0.3 is 24.8 Å². The summed E-state index contributed by atoms with van der Waals surface area (Å²) < 4.78 is 5.48. The fourth-order valence-corrected chi connectivity index (χ4v) is 4.08. The number of benzene rings is 1. The van der Waals surface area contributed by atoms with E-state index in [1.54, 1.807) is 4.90 Å². The number of hydrogen-bond donors (Lipinski definition) is 1. The molecule has 2 amide bonds. The third-order valence-corrected chi connectivity index (χ3v) is 5.77. The number of piperazine rings is 1. The first-order valence-electron chi connectivity index (χ1n) is 11.1. The fraction of sp³-hybridized carbons (Fsp3) is 0.652. The van der Waals surface area contributed by atoms with Gasteiger partial charge in [0.1, 0.15) is 5.60 Å². The molecule has 2 heterocycles. The molecular weight excluding hydrogens is 380 g/mol. The Morgan fingerprint density at radius 2 is 1.80 bits per heavy atom. The smallest absolute Gasteiger partial charge is 0.410 e. The van der Waals surface area contributed by atoms with Gasteiger partial charge in [-0.05, 0) is 52.3 Å². The fourth-order valence-electron chi connectivity index (χ4n) is 4.08. The van der Waals surface area contributed by atoms with E-state index in [0.717, 1.165) is 56.9 Å². The maximum atomic E-state index is 13.0. The van der Waals surface area contributed by atoms with Crippen molar-refractivity contribution < 1.29 is 14.3 Å². The molecule has 7 nitrogen and oxygen atoms in total. The van der Waals surface area contributed by atoms with Crippen molar-refractivity contribution >= 4 is 23.4 Å². The Morgan fingerprint density at radius 3 is 2.47 bits per heavy atom. The van der Waals surface area contributed by atoms with E-state index in [-0.39, 0.29) is 17.9 Å². The maximum Gasteiger partial charge on any atom is 0.410 e. The first-order chi connectivity index (χ1) is 14.3. The van der Waals surface area contributed by atoms with E-state index in [9.17, 15) is 9.59 Å². The highest BCUT2D eigenvalue weighted by Gasteiger charge is 2.31. The van der Waals surface area contributed by atoms with E-state index in [2.05, 4.69) is 28.1 Å². The number of hydrogen-bond acceptors (Lipinski definition) is 5. The Balaban J connectivity index is 1.63. The number of para-hydroxylation sites is 2. The molecule has 0 aliphatic carbocycles. The monoisotopic (exact) mass is 416 g/mol. The highest BCUT2D eigenvalue weighted by atomic mass is 16.6. The molecule has 1 atom stereocenters. The zero-order chi connectivity index (χ0) is 21.7. The van der Waals surface area contributed by atoms with Crippen LogP contribution in [-0.4, -0.2) is 73.2 Å². The van der Waals surface area contributed by atoms with Crippen molar-refractivity contribution in [1.29, 1.82) is 0 Å². The summed E-state index contributed by atoms with van der Waals surface area (Å²) in [5, 5.41) is 3.14. The molecule has 2 aliphatic heterocycles. The van der Waals surface area contributed by atoms with Gasteiger partial charge >= 0.3 is 6.09 Å². The van der Waals surface area contributed by atoms with Crippen LogP contribution in [0.4, 0.5) is 16.2 Å². The van der Waals surface area contributed by atoms with E-state index in [1.807, 2.05) is 39.0 Å². The molecule has 0 radical (unpaired) electrons. The number of piperidine rings is 1. The van der Waals surface area contributed by atoms with Crippen molar-refractivity contribution in [3.63, 3.8) is 0 Å². The summed E-state index contributed by atoms with van der Waals surface area (Å²) in [6.07, 6.45) is 1.25. The van der Waals surface area contributed by atoms with E-state index in [0.29, 0.717) is 13.1 Å². The second kappa shape index (κ2) is 9.69. The topological polar surface area (TPSA) is 65.1 Å². The van der Waals surface area contributed by atoms with Crippen molar-refractivity contribution in [2.24, 2.45) is 5.92 Å². The van der Waals surface area contributed by atoms with E-state index >= 15 is 0 Å². The highest BCUT2D eigenvalue weighted by Crippen LogP contribution is 2.28. The van der Waals surface area contributed by atoms with Crippen molar-refractivity contribution in [1.82, 2.24) is 9.80 Å². The third kappa shape index (κ3) is 5.88. The van der Waals surface area contributed by atoms with Crippen LogP contribution < -0.4 is 10.2 Å². The number of anilines is 2. The van der Waals surface area contributed by atoms with Gasteiger partial charge in [0, 0.05) is 39.3 Å². The summed E-state index contributed by atoms with van der Waals surface area (Å²) in [6, 6.07) is 8.01. The van der Waals surface area contributed by atoms with Gasteiger partial charge in [0.2, 0.25) is 5.91 Å². The summed E-state index contributed by atoms with van der Waals surface area (Å²) in [7, 11) is 0. The second-order valence-electron chi connectivity index (χ2n) is 9.19. The largest absolute Gasteiger partial charge is 0.444 e. The predicted molar refractivity (Wildman–Crippen MR) is 120 cm³/mol. The molecule has 166 valence electrons. The molecule has 0 aromatic heterocycles. The summed E-state index contributed by atoms with van der Waals surface area (Å²) in [5.74, 6) is -0.251. The lowest BCUT2D eigenvalue weighted by Crippen LogP contribution is -2.47. The number of nitrogens with zero attached hydrogens (tertiary/aromatic N) is 3. The number of carbonyl (C=O) groups excluding carboxylic acids is 2. The minimum Gasteiger partial charge on any atom is -0.444 e. The molecule has 1 N–H and O–H groups in total. The average Bonchev–Trinajstić information content (AvgIpc) is 2.73. The average molecular weight is 417 g/mol. The highest BCUT2D eigenvalue weighted by molar-refractivity contribution is 5.96. The van der Waals surface area contributed by atoms with Crippen molar-refractivity contribution in [2.75, 3.05) is 56.0 Å². The van der Waals surface area contributed by atoms with E-state index in [1.165, 1.54) is 0 Å². The molecule has 2 fully saturated rings. The molecule has 0 saturated carbocycles. The van der Waals surface area contributed by atoms with Gasteiger partial charge in [-0.3, -0.25) is 4.79 Å². The lowest BCUT2D eigenvalue weighted by atomic mass is 9.97. The van der Waals surface area contributed by atoms with Gasteiger partial charge in [-0.25, -0.2) is 4.79 Å². The quantitative estimate of drug-likeness (QED) is 0.815. The molecule has 3 rings (SSSR count). The molecule has 0 spiro atoms. The first kappa shape index (κ1) is 22.4. The zero-order valence-electron chi connectivity index (χ0n) is 18.8. The number of amides is 2. The summed E-state index contributed by atoms with van der Waals surface area (Å²) in [4.78, 5) is 31.9. The molecule has 7 heteroatoms. The normalized spacial score (nSPS) is 20.7. The van der Waals surface area contributed by atoms with Gasteiger partial charge in [0.05, 0.1) is 17.3 Å². The molecule has 1 aromatic rings.